The normalized spacial score (nSPS) is 19.4. The number of carbonyl (C=O) groups is 1. The first kappa shape index (κ1) is 26.4. The Bertz CT molecular complexity index is 1840. The Hall–Kier alpha value is -4.47. The quantitative estimate of drug-likeness (QED) is 0.217. The number of imidazole rings is 1. The zero-order chi connectivity index (χ0) is 28.8. The molecule has 0 aromatic carbocycles. The van der Waals surface area contributed by atoms with Gasteiger partial charge in [-0.15, -0.1) is 11.3 Å². The van der Waals surface area contributed by atoms with E-state index in [4.69, 9.17) is 30.1 Å². The summed E-state index contributed by atoms with van der Waals surface area (Å²) in [5.41, 5.74) is 13.9. The molecule has 2 aliphatic rings. The summed E-state index contributed by atoms with van der Waals surface area (Å²) in [5.74, 6) is 0.620. The maximum Gasteiger partial charge on any atom is 0.256 e. The minimum absolute atomic E-state index is 0.0184. The van der Waals surface area contributed by atoms with Crippen molar-refractivity contribution in [2.75, 3.05) is 41.8 Å². The molecular weight excluding hydrogens is 562 g/mol. The fraction of sp³-hybridized carbons (Fsp3) is 0.370. The number of nitrogens with one attached hydrogen (secondary N) is 2. The smallest absolute Gasteiger partial charge is 0.256 e. The summed E-state index contributed by atoms with van der Waals surface area (Å²) < 4.78 is 19.4. The summed E-state index contributed by atoms with van der Waals surface area (Å²) in [7, 11) is 0. The molecular formula is C27H29N9O5S. The molecule has 1 amide bonds. The van der Waals surface area contributed by atoms with Crippen molar-refractivity contribution in [2.24, 2.45) is 11.5 Å². The Balaban J connectivity index is 1.23. The van der Waals surface area contributed by atoms with Crippen LogP contribution in [0.2, 0.25) is 0 Å². The van der Waals surface area contributed by atoms with Crippen LogP contribution in [-0.2, 0) is 4.74 Å². The fourth-order valence-electron chi connectivity index (χ4n) is 5.53. The average molecular weight is 592 g/mol. The molecule has 5 aromatic heterocycles. The van der Waals surface area contributed by atoms with Crippen molar-refractivity contribution in [3.8, 4) is 11.3 Å². The second-order valence-electron chi connectivity index (χ2n) is 10.4. The van der Waals surface area contributed by atoms with Gasteiger partial charge in [0.25, 0.3) is 5.91 Å². The van der Waals surface area contributed by atoms with Crippen LogP contribution in [0.5, 0.6) is 0 Å². The highest BCUT2D eigenvalue weighted by Crippen LogP contribution is 2.36. The van der Waals surface area contributed by atoms with Gasteiger partial charge >= 0.3 is 0 Å². The lowest BCUT2D eigenvalue weighted by molar-refractivity contribution is 0.100. The van der Waals surface area contributed by atoms with Gasteiger partial charge in [0.15, 0.2) is 22.9 Å². The highest BCUT2D eigenvalue weighted by atomic mass is 32.1. The van der Waals surface area contributed by atoms with E-state index >= 15 is 0 Å². The third-order valence-electron chi connectivity index (χ3n) is 7.71. The van der Waals surface area contributed by atoms with Crippen LogP contribution >= 0.6 is 11.3 Å². The van der Waals surface area contributed by atoms with Crippen molar-refractivity contribution in [3.63, 3.8) is 0 Å². The van der Waals surface area contributed by atoms with Gasteiger partial charge in [-0.25, -0.2) is 4.98 Å². The summed E-state index contributed by atoms with van der Waals surface area (Å²) in [6.07, 6.45) is 7.26. The molecule has 1 saturated heterocycles. The second-order valence-corrected chi connectivity index (χ2v) is 11.3. The molecule has 2 atom stereocenters. The molecule has 7 rings (SSSR count). The van der Waals surface area contributed by atoms with Gasteiger partial charge < -0.3 is 40.7 Å². The van der Waals surface area contributed by atoms with Gasteiger partial charge in [-0.05, 0) is 12.8 Å². The Morgan fingerprint density at radius 3 is 2.81 bits per heavy atom. The van der Waals surface area contributed by atoms with Gasteiger partial charge in [0.1, 0.15) is 16.0 Å². The average Bonchev–Trinajstić information content (AvgIpc) is 3.75. The molecule has 15 heteroatoms. The van der Waals surface area contributed by atoms with Crippen molar-refractivity contribution in [2.45, 2.75) is 37.8 Å². The largest absolute Gasteiger partial charge is 0.439 e. The van der Waals surface area contributed by atoms with E-state index in [0.29, 0.717) is 65.3 Å². The molecule has 0 unspecified atom stereocenters. The molecule has 1 aliphatic heterocycles. The van der Waals surface area contributed by atoms with Crippen molar-refractivity contribution in [1.29, 1.82) is 0 Å². The predicted molar refractivity (Wildman–Crippen MR) is 158 cm³/mol. The lowest BCUT2D eigenvalue weighted by Gasteiger charge is -2.30. The van der Waals surface area contributed by atoms with Gasteiger partial charge in [-0.3, -0.25) is 14.0 Å². The highest BCUT2D eigenvalue weighted by Gasteiger charge is 2.26. The summed E-state index contributed by atoms with van der Waals surface area (Å²) >= 11 is 1.28. The molecule has 0 spiro atoms. The van der Waals surface area contributed by atoms with E-state index in [0.717, 1.165) is 25.7 Å². The number of fused-ring (bicyclic) bond motifs is 2. The zero-order valence-corrected chi connectivity index (χ0v) is 23.4. The number of hydrogen-bond donors (Lipinski definition) is 4. The number of rotatable bonds is 7. The molecule has 218 valence electrons. The molecule has 6 heterocycles. The van der Waals surface area contributed by atoms with Crippen LogP contribution < -0.4 is 32.4 Å². The summed E-state index contributed by atoms with van der Waals surface area (Å²) in [6.45, 7) is 2.39. The second kappa shape index (κ2) is 10.7. The maximum atomic E-state index is 12.9. The first-order valence-corrected chi connectivity index (χ1v) is 14.7. The van der Waals surface area contributed by atoms with E-state index in [9.17, 15) is 9.59 Å². The topological polar surface area (TPSA) is 192 Å². The molecule has 14 nitrogen and oxygen atoms in total. The number of carbonyl (C=O) groups excluding carboxylic acids is 1. The monoisotopic (exact) mass is 591 g/mol. The maximum absolute atomic E-state index is 12.9. The lowest BCUT2D eigenvalue weighted by atomic mass is 9.91. The number of morpholine rings is 1. The molecule has 2 fully saturated rings. The van der Waals surface area contributed by atoms with Crippen LogP contribution in [0.4, 0.5) is 23.5 Å². The van der Waals surface area contributed by atoms with Crippen LogP contribution in [-0.4, -0.2) is 63.8 Å². The van der Waals surface area contributed by atoms with Gasteiger partial charge in [0, 0.05) is 55.1 Å². The third-order valence-corrected chi connectivity index (χ3v) is 8.68. The molecule has 6 N–H and O–H groups in total. The van der Waals surface area contributed by atoms with Crippen molar-refractivity contribution in [3.05, 3.63) is 45.7 Å². The number of aromatic nitrogens is 4. The Labute approximate surface area is 242 Å². The first-order chi connectivity index (χ1) is 20.5. The van der Waals surface area contributed by atoms with Crippen LogP contribution in [0.15, 0.2) is 43.6 Å². The van der Waals surface area contributed by atoms with Crippen molar-refractivity contribution >= 4 is 56.7 Å². The van der Waals surface area contributed by atoms with Crippen LogP contribution in [0.3, 0.4) is 0 Å². The van der Waals surface area contributed by atoms with E-state index < -0.39 is 5.91 Å². The minimum Gasteiger partial charge on any atom is -0.439 e. The van der Waals surface area contributed by atoms with Gasteiger partial charge in [0.2, 0.25) is 17.3 Å². The standard InChI is InChI=1S/C27H29N9O5S/c28-15-3-1-2-4-16(15)31-27-33-25(21(24(29)38)26-30-5-6-36(26)27)32-19-11-17(34-41-19)14-13-42-23-18(37)12-20(40-22(14)23)35-7-9-39-10-8-35/h5-6,11-13,15-16,32H,1-4,7-10,28H2,(H2,29,38)(H,31,33)/t15-,16+/m1/s1. The SMILES string of the molecule is NC(=O)c1c(Nc2cc(-c3csc4c(=O)cc(N5CCOCC5)oc34)no2)nc(N[C@H]2CCCC[C@H]2N)n2ccnc12. The highest BCUT2D eigenvalue weighted by molar-refractivity contribution is 7.17. The van der Waals surface area contributed by atoms with Gasteiger partial charge in [0.05, 0.1) is 18.8 Å². The van der Waals surface area contributed by atoms with E-state index in [1.807, 2.05) is 4.90 Å². The van der Waals surface area contributed by atoms with Gasteiger partial charge in [-0.2, -0.15) is 4.98 Å². The summed E-state index contributed by atoms with van der Waals surface area (Å²) in [5, 5.41) is 12.5. The minimum atomic E-state index is -0.705. The predicted octanol–water partition coefficient (Wildman–Crippen LogP) is 2.91. The zero-order valence-electron chi connectivity index (χ0n) is 22.5. The Morgan fingerprint density at radius 1 is 1.17 bits per heavy atom. The number of primary amides is 1. The Kier molecular flexibility index (Phi) is 6.76. The van der Waals surface area contributed by atoms with E-state index in [1.165, 1.54) is 17.4 Å². The number of amides is 1. The third kappa shape index (κ3) is 4.74. The van der Waals surface area contributed by atoms with Gasteiger partial charge in [-0.1, -0.05) is 18.0 Å². The molecule has 0 radical (unpaired) electrons. The van der Waals surface area contributed by atoms with Crippen molar-refractivity contribution in [1.82, 2.24) is 19.5 Å². The molecule has 5 aromatic rings. The van der Waals surface area contributed by atoms with Crippen LogP contribution in [0.25, 0.3) is 27.2 Å². The van der Waals surface area contributed by atoms with E-state index in [1.54, 1.807) is 28.2 Å². The van der Waals surface area contributed by atoms with Crippen LogP contribution in [0, 0.1) is 0 Å². The number of anilines is 4. The molecule has 1 aliphatic carbocycles. The number of ether oxygens (including phenoxy) is 1. The van der Waals surface area contributed by atoms with E-state index in [2.05, 4.69) is 20.8 Å². The molecule has 0 bridgehead atoms. The molecule has 42 heavy (non-hydrogen) atoms. The summed E-state index contributed by atoms with van der Waals surface area (Å²) in [4.78, 5) is 36.5. The summed E-state index contributed by atoms with van der Waals surface area (Å²) in [6, 6.07) is 3.16. The Morgan fingerprint density at radius 2 is 2.00 bits per heavy atom. The molecule has 1 saturated carbocycles. The lowest BCUT2D eigenvalue weighted by Crippen LogP contribution is -2.43. The first-order valence-electron chi connectivity index (χ1n) is 13.8. The van der Waals surface area contributed by atoms with Crippen LogP contribution in [0.1, 0.15) is 36.0 Å². The van der Waals surface area contributed by atoms with Crippen molar-refractivity contribution < 1.29 is 18.5 Å². The fourth-order valence-corrected chi connectivity index (χ4v) is 6.43. The number of hydrogen-bond acceptors (Lipinski definition) is 13. The number of thiophene rings is 1. The van der Waals surface area contributed by atoms with E-state index in [-0.39, 0.29) is 34.8 Å². The number of nitrogens with zero attached hydrogens (tertiary/aromatic N) is 5. The number of nitrogens with two attached hydrogens (primary N) is 2.